The van der Waals surface area contributed by atoms with Crippen molar-refractivity contribution in [3.63, 3.8) is 0 Å². The molecule has 0 aliphatic carbocycles. The number of esters is 1. The lowest BCUT2D eigenvalue weighted by atomic mass is 9.73. The minimum absolute atomic E-state index is 0.000899. The van der Waals surface area contributed by atoms with Crippen molar-refractivity contribution in [3.8, 4) is 5.75 Å². The van der Waals surface area contributed by atoms with Gasteiger partial charge in [-0.15, -0.1) is 0 Å². The zero-order valence-corrected chi connectivity index (χ0v) is 19.4. The lowest BCUT2D eigenvalue weighted by Gasteiger charge is -2.37. The minimum atomic E-state index is -1.52. The Bertz CT molecular complexity index is 1280. The van der Waals surface area contributed by atoms with Crippen LogP contribution in [0.25, 0.3) is 0 Å². The van der Waals surface area contributed by atoms with Crippen LogP contribution in [0, 0.1) is 17.5 Å². The number of aliphatic hydroxyl groups is 1. The summed E-state index contributed by atoms with van der Waals surface area (Å²) in [6.07, 6.45) is 0.0127. The average Bonchev–Trinajstić information content (AvgIpc) is 3.16. The normalized spacial score (nSPS) is 14.9. The Kier molecular flexibility index (Phi) is 6.51. The summed E-state index contributed by atoms with van der Waals surface area (Å²) in [5.74, 6) is -3.04. The topological polar surface area (TPSA) is 78.8 Å². The van der Waals surface area contributed by atoms with Gasteiger partial charge in [0.2, 0.25) is 0 Å². The van der Waals surface area contributed by atoms with Gasteiger partial charge in [-0.05, 0) is 65.9 Å². The second kappa shape index (κ2) is 9.26. The van der Waals surface area contributed by atoms with Gasteiger partial charge in [-0.3, -0.25) is 0 Å². The molecule has 1 atom stereocenters. The fraction of sp³-hybridized carbons (Fsp3) is 0.296. The van der Waals surface area contributed by atoms with E-state index in [1.165, 1.54) is 18.2 Å². The van der Waals surface area contributed by atoms with Crippen LogP contribution in [0.3, 0.4) is 0 Å². The predicted molar refractivity (Wildman–Crippen MR) is 125 cm³/mol. The number of phenols is 1. The molecular weight excluding hydrogens is 459 g/mol. The molecule has 0 spiro atoms. The molecule has 0 radical (unpaired) electrons. The molecule has 5 nitrogen and oxygen atoms in total. The fourth-order valence-corrected chi connectivity index (χ4v) is 4.70. The van der Waals surface area contributed by atoms with Crippen LogP contribution in [0.15, 0.2) is 54.6 Å². The molecule has 0 amide bonds. The maximum atomic E-state index is 13.9. The number of fused-ring (bicyclic) bond motifs is 1. The highest BCUT2D eigenvalue weighted by Crippen LogP contribution is 2.39. The van der Waals surface area contributed by atoms with Gasteiger partial charge in [0.05, 0.1) is 11.2 Å². The number of carbonyl (C=O) groups is 1. The number of anilines is 1. The summed E-state index contributed by atoms with van der Waals surface area (Å²) in [6, 6.07) is 12.1. The van der Waals surface area contributed by atoms with E-state index in [1.54, 1.807) is 32.0 Å². The Balaban J connectivity index is 1.62. The van der Waals surface area contributed by atoms with Gasteiger partial charge in [-0.25, -0.2) is 18.0 Å². The quantitative estimate of drug-likeness (QED) is 0.381. The van der Waals surface area contributed by atoms with Gasteiger partial charge in [0.1, 0.15) is 18.2 Å². The van der Waals surface area contributed by atoms with E-state index < -0.39 is 34.4 Å². The first-order valence-electron chi connectivity index (χ1n) is 11.2. The highest BCUT2D eigenvalue weighted by atomic mass is 19.2. The van der Waals surface area contributed by atoms with Gasteiger partial charge >= 0.3 is 5.97 Å². The number of halogens is 3. The van der Waals surface area contributed by atoms with Gasteiger partial charge in [0.15, 0.2) is 11.6 Å². The molecule has 1 aliphatic heterocycles. The Morgan fingerprint density at radius 1 is 1.00 bits per heavy atom. The van der Waals surface area contributed by atoms with Crippen LogP contribution in [0.4, 0.5) is 18.9 Å². The van der Waals surface area contributed by atoms with Gasteiger partial charge < -0.3 is 20.3 Å². The van der Waals surface area contributed by atoms with Crippen molar-refractivity contribution in [1.29, 1.82) is 0 Å². The number of phenolic OH excluding ortho intramolecular Hbond substituents is 1. The fourth-order valence-electron chi connectivity index (χ4n) is 4.70. The third-order valence-electron chi connectivity index (χ3n) is 6.28. The molecule has 3 aromatic carbocycles. The van der Waals surface area contributed by atoms with Crippen molar-refractivity contribution < 1.29 is 32.9 Å². The number of ether oxygens (including phenoxy) is 1. The summed E-state index contributed by atoms with van der Waals surface area (Å²) in [7, 11) is 0. The van der Waals surface area contributed by atoms with Crippen molar-refractivity contribution in [3.05, 3.63) is 94.3 Å². The van der Waals surface area contributed by atoms with Crippen LogP contribution >= 0.6 is 0 Å². The summed E-state index contributed by atoms with van der Waals surface area (Å²) >= 11 is 0. The molecule has 1 aliphatic rings. The van der Waals surface area contributed by atoms with Crippen LogP contribution < -0.4 is 5.32 Å². The number of aromatic hydroxyl groups is 1. The second-order valence-electron chi connectivity index (χ2n) is 9.67. The summed E-state index contributed by atoms with van der Waals surface area (Å²) in [5.41, 5.74) is 0.119. The maximum absolute atomic E-state index is 13.9. The molecule has 0 bridgehead atoms. The molecule has 3 N–H and O–H groups in total. The lowest BCUT2D eigenvalue weighted by Crippen LogP contribution is -2.44. The highest BCUT2D eigenvalue weighted by molar-refractivity contribution is 5.93. The van der Waals surface area contributed by atoms with E-state index in [1.807, 2.05) is 0 Å². The molecule has 8 heteroatoms. The second-order valence-corrected chi connectivity index (χ2v) is 9.67. The summed E-state index contributed by atoms with van der Waals surface area (Å²) < 4.78 is 46.3. The first-order chi connectivity index (χ1) is 16.5. The van der Waals surface area contributed by atoms with Gasteiger partial charge in [-0.1, -0.05) is 19.9 Å². The van der Waals surface area contributed by atoms with E-state index in [-0.39, 0.29) is 31.7 Å². The van der Waals surface area contributed by atoms with Crippen molar-refractivity contribution in [1.82, 2.24) is 0 Å². The standard InChI is InChI=1S/C27H26F3NO4/c1-26(2,21-11-18(28)4-8-24(21)32)14-27(34,12-16-3-7-22(29)23(30)9-16)15-31-19-5-6-20-17(10-19)13-35-25(20)33/h3-11,31-32,34H,12-15H2,1-2H3. The molecule has 3 aromatic rings. The highest BCUT2D eigenvalue weighted by Gasteiger charge is 2.37. The minimum Gasteiger partial charge on any atom is -0.508 e. The first-order valence-corrected chi connectivity index (χ1v) is 11.2. The molecule has 4 rings (SSSR count). The van der Waals surface area contributed by atoms with Crippen LogP contribution in [-0.4, -0.2) is 28.3 Å². The molecule has 1 heterocycles. The van der Waals surface area contributed by atoms with Crippen molar-refractivity contribution in [2.24, 2.45) is 0 Å². The molecule has 35 heavy (non-hydrogen) atoms. The summed E-state index contributed by atoms with van der Waals surface area (Å²) in [4.78, 5) is 11.7. The van der Waals surface area contributed by atoms with Crippen LogP contribution in [0.5, 0.6) is 5.75 Å². The summed E-state index contributed by atoms with van der Waals surface area (Å²) in [6.45, 7) is 3.68. The van der Waals surface area contributed by atoms with Gasteiger partial charge in [0, 0.05) is 29.8 Å². The number of carbonyl (C=O) groups excluding carboxylic acids is 1. The monoisotopic (exact) mass is 485 g/mol. The average molecular weight is 486 g/mol. The third kappa shape index (κ3) is 5.43. The lowest BCUT2D eigenvalue weighted by molar-refractivity contribution is 0.0253. The number of nitrogens with one attached hydrogen (secondary N) is 1. The molecule has 0 saturated carbocycles. The number of benzene rings is 3. The maximum Gasteiger partial charge on any atom is 0.338 e. The molecule has 0 saturated heterocycles. The Morgan fingerprint density at radius 2 is 1.77 bits per heavy atom. The van der Waals surface area contributed by atoms with Gasteiger partial charge in [0.25, 0.3) is 0 Å². The Labute approximate surface area is 201 Å². The first kappa shape index (κ1) is 24.6. The predicted octanol–water partition coefficient (Wildman–Crippen LogP) is 5.23. The Morgan fingerprint density at radius 3 is 2.51 bits per heavy atom. The summed E-state index contributed by atoms with van der Waals surface area (Å²) in [5, 5.41) is 25.2. The SMILES string of the molecule is CC(C)(CC(O)(CNc1ccc2c(c1)COC2=O)Cc1ccc(F)c(F)c1)c1cc(F)ccc1O. The van der Waals surface area contributed by atoms with E-state index in [9.17, 15) is 28.2 Å². The number of cyclic esters (lactones) is 1. The molecule has 0 aromatic heterocycles. The molecule has 1 unspecified atom stereocenters. The van der Waals surface area contributed by atoms with Gasteiger partial charge in [-0.2, -0.15) is 0 Å². The zero-order chi connectivity index (χ0) is 25.4. The van der Waals surface area contributed by atoms with E-state index >= 15 is 0 Å². The third-order valence-corrected chi connectivity index (χ3v) is 6.28. The molecule has 184 valence electrons. The number of rotatable bonds is 8. The number of hydrogen-bond donors (Lipinski definition) is 3. The van der Waals surface area contributed by atoms with E-state index in [0.717, 1.165) is 18.2 Å². The van der Waals surface area contributed by atoms with Crippen LogP contribution in [0.1, 0.15) is 47.3 Å². The smallest absolute Gasteiger partial charge is 0.338 e. The van der Waals surface area contributed by atoms with Crippen LogP contribution in [-0.2, 0) is 23.2 Å². The van der Waals surface area contributed by atoms with E-state index in [2.05, 4.69) is 5.32 Å². The van der Waals surface area contributed by atoms with Crippen LogP contribution in [0.2, 0.25) is 0 Å². The zero-order valence-electron chi connectivity index (χ0n) is 19.4. The number of hydrogen-bond acceptors (Lipinski definition) is 5. The van der Waals surface area contributed by atoms with Crippen molar-refractivity contribution in [2.75, 3.05) is 11.9 Å². The largest absolute Gasteiger partial charge is 0.508 e. The van der Waals surface area contributed by atoms with E-state index in [4.69, 9.17) is 4.74 Å². The van der Waals surface area contributed by atoms with Crippen molar-refractivity contribution >= 4 is 11.7 Å². The van der Waals surface area contributed by atoms with E-state index in [0.29, 0.717) is 27.9 Å². The molecule has 0 fully saturated rings. The molecular formula is C27H26F3NO4. The van der Waals surface area contributed by atoms with Crippen molar-refractivity contribution in [2.45, 2.75) is 44.3 Å². The Hall–Kier alpha value is -3.52.